The number of piperidine rings is 1. The molecule has 2 aliphatic heterocycles. The van der Waals surface area contributed by atoms with E-state index in [2.05, 4.69) is 19.8 Å². The molecule has 0 aromatic carbocycles. The highest BCUT2D eigenvalue weighted by Gasteiger charge is 2.26. The van der Waals surface area contributed by atoms with Gasteiger partial charge in [0, 0.05) is 50.1 Å². The standard InChI is InChI=1S/C22H25N7O2/c23-20(30)15-6-11-29(12-7-15)22-25-14-16(19(27-22)18-4-3-13-31-18)17-5-8-24-21(26-17)28-9-1-2-10-28/h3-5,8,13-15H,1-2,6-7,9-12H2,(H2,23,30). The van der Waals surface area contributed by atoms with Gasteiger partial charge < -0.3 is 20.0 Å². The van der Waals surface area contributed by atoms with Gasteiger partial charge in [-0.2, -0.15) is 0 Å². The summed E-state index contributed by atoms with van der Waals surface area (Å²) >= 11 is 0. The average Bonchev–Trinajstić information content (AvgIpc) is 3.53. The van der Waals surface area contributed by atoms with E-state index in [1.54, 1.807) is 18.7 Å². The van der Waals surface area contributed by atoms with E-state index < -0.39 is 0 Å². The fourth-order valence-electron chi connectivity index (χ4n) is 4.25. The Hall–Kier alpha value is -3.49. The molecule has 9 nitrogen and oxygen atoms in total. The Morgan fingerprint density at radius 3 is 2.45 bits per heavy atom. The second kappa shape index (κ2) is 8.33. The Morgan fingerprint density at radius 2 is 1.74 bits per heavy atom. The lowest BCUT2D eigenvalue weighted by Gasteiger charge is -2.30. The summed E-state index contributed by atoms with van der Waals surface area (Å²) in [6, 6.07) is 5.61. The minimum absolute atomic E-state index is 0.0786. The molecule has 160 valence electrons. The lowest BCUT2D eigenvalue weighted by Crippen LogP contribution is -2.39. The summed E-state index contributed by atoms with van der Waals surface area (Å²) in [6.07, 6.45) is 8.96. The van der Waals surface area contributed by atoms with Gasteiger partial charge in [0.25, 0.3) is 0 Å². The van der Waals surface area contributed by atoms with Crippen LogP contribution in [0.4, 0.5) is 11.9 Å². The molecule has 0 radical (unpaired) electrons. The van der Waals surface area contributed by atoms with E-state index >= 15 is 0 Å². The number of nitrogens with two attached hydrogens (primary N) is 1. The minimum Gasteiger partial charge on any atom is -0.463 e. The zero-order valence-electron chi connectivity index (χ0n) is 17.3. The first kappa shape index (κ1) is 19.5. The maximum absolute atomic E-state index is 11.5. The second-order valence-corrected chi connectivity index (χ2v) is 8.01. The molecule has 2 saturated heterocycles. The second-order valence-electron chi connectivity index (χ2n) is 8.01. The van der Waals surface area contributed by atoms with Gasteiger partial charge in [-0.15, -0.1) is 0 Å². The molecule has 2 fully saturated rings. The molecule has 1 amide bonds. The normalized spacial score (nSPS) is 17.3. The summed E-state index contributed by atoms with van der Waals surface area (Å²) in [5.74, 6) is 1.70. The third kappa shape index (κ3) is 3.95. The van der Waals surface area contributed by atoms with Crippen LogP contribution >= 0.6 is 0 Å². The molecule has 2 N–H and O–H groups in total. The Morgan fingerprint density at radius 1 is 1.00 bits per heavy atom. The zero-order valence-corrected chi connectivity index (χ0v) is 17.3. The third-order valence-electron chi connectivity index (χ3n) is 6.02. The fraction of sp³-hybridized carbons (Fsp3) is 0.409. The van der Waals surface area contributed by atoms with Gasteiger partial charge in [-0.3, -0.25) is 4.79 Å². The topological polar surface area (TPSA) is 114 Å². The van der Waals surface area contributed by atoms with Crippen LogP contribution in [0.15, 0.2) is 41.3 Å². The van der Waals surface area contributed by atoms with Gasteiger partial charge in [0.05, 0.1) is 12.0 Å². The first-order valence-corrected chi connectivity index (χ1v) is 10.7. The molecule has 0 bridgehead atoms. The third-order valence-corrected chi connectivity index (χ3v) is 6.02. The number of hydrogen-bond donors (Lipinski definition) is 1. The number of furan rings is 1. The first-order chi connectivity index (χ1) is 15.2. The van der Waals surface area contributed by atoms with Crippen molar-refractivity contribution in [1.82, 2.24) is 19.9 Å². The van der Waals surface area contributed by atoms with Crippen molar-refractivity contribution in [2.45, 2.75) is 25.7 Å². The molecule has 5 rings (SSSR count). The van der Waals surface area contributed by atoms with Gasteiger partial charge in [-0.05, 0) is 43.9 Å². The summed E-state index contributed by atoms with van der Waals surface area (Å²) in [4.78, 5) is 34.5. The summed E-state index contributed by atoms with van der Waals surface area (Å²) in [7, 11) is 0. The minimum atomic E-state index is -0.232. The molecule has 0 saturated carbocycles. The largest absolute Gasteiger partial charge is 0.463 e. The van der Waals surface area contributed by atoms with Crippen molar-refractivity contribution >= 4 is 17.8 Å². The van der Waals surface area contributed by atoms with E-state index in [1.165, 1.54) is 0 Å². The van der Waals surface area contributed by atoms with Crippen molar-refractivity contribution in [2.75, 3.05) is 36.0 Å². The van der Waals surface area contributed by atoms with Gasteiger partial charge >= 0.3 is 0 Å². The van der Waals surface area contributed by atoms with Crippen LogP contribution in [0.5, 0.6) is 0 Å². The quantitative estimate of drug-likeness (QED) is 0.671. The van der Waals surface area contributed by atoms with E-state index in [0.29, 0.717) is 43.3 Å². The van der Waals surface area contributed by atoms with Crippen molar-refractivity contribution in [2.24, 2.45) is 11.7 Å². The lowest BCUT2D eigenvalue weighted by atomic mass is 9.96. The van der Waals surface area contributed by atoms with Gasteiger partial charge in [-0.1, -0.05) is 0 Å². The molecule has 31 heavy (non-hydrogen) atoms. The van der Waals surface area contributed by atoms with Gasteiger partial charge in [0.1, 0.15) is 5.69 Å². The summed E-state index contributed by atoms with van der Waals surface area (Å²) in [5.41, 5.74) is 7.72. The smallest absolute Gasteiger partial charge is 0.226 e. The average molecular weight is 419 g/mol. The number of aromatic nitrogens is 4. The van der Waals surface area contributed by atoms with Gasteiger partial charge in [0.15, 0.2) is 5.76 Å². The molecular weight excluding hydrogens is 394 g/mol. The number of hydrogen-bond acceptors (Lipinski definition) is 8. The Bertz CT molecular complexity index is 1060. The van der Waals surface area contributed by atoms with Crippen LogP contribution in [0.3, 0.4) is 0 Å². The molecule has 0 spiro atoms. The van der Waals surface area contributed by atoms with Crippen LogP contribution in [0.2, 0.25) is 0 Å². The number of carbonyl (C=O) groups excluding carboxylic acids is 1. The van der Waals surface area contributed by atoms with E-state index in [4.69, 9.17) is 20.1 Å². The molecule has 9 heteroatoms. The highest BCUT2D eigenvalue weighted by molar-refractivity contribution is 5.78. The van der Waals surface area contributed by atoms with Gasteiger partial charge in [0.2, 0.25) is 17.8 Å². The molecule has 3 aromatic heterocycles. The number of carbonyl (C=O) groups is 1. The molecule has 0 atom stereocenters. The number of nitrogens with zero attached hydrogens (tertiary/aromatic N) is 6. The molecule has 0 unspecified atom stereocenters. The fourth-order valence-corrected chi connectivity index (χ4v) is 4.25. The zero-order chi connectivity index (χ0) is 21.2. The van der Waals surface area contributed by atoms with Crippen molar-refractivity contribution in [3.05, 3.63) is 36.9 Å². The molecule has 3 aromatic rings. The molecular formula is C22H25N7O2. The van der Waals surface area contributed by atoms with Crippen LogP contribution in [0, 0.1) is 5.92 Å². The van der Waals surface area contributed by atoms with Crippen LogP contribution < -0.4 is 15.5 Å². The first-order valence-electron chi connectivity index (χ1n) is 10.7. The van der Waals surface area contributed by atoms with Crippen molar-refractivity contribution in [3.63, 3.8) is 0 Å². The van der Waals surface area contributed by atoms with E-state index in [-0.39, 0.29) is 11.8 Å². The van der Waals surface area contributed by atoms with Gasteiger partial charge in [-0.25, -0.2) is 19.9 Å². The molecule has 2 aliphatic rings. The maximum atomic E-state index is 11.5. The summed E-state index contributed by atoms with van der Waals surface area (Å²) < 4.78 is 5.68. The number of rotatable bonds is 5. The van der Waals surface area contributed by atoms with Crippen LogP contribution in [0.25, 0.3) is 22.7 Å². The van der Waals surface area contributed by atoms with Crippen LogP contribution in [0.1, 0.15) is 25.7 Å². The van der Waals surface area contributed by atoms with E-state index in [9.17, 15) is 4.79 Å². The SMILES string of the molecule is NC(=O)C1CCN(c2ncc(-c3ccnc(N4CCCC4)n3)c(-c3ccco3)n2)CC1. The summed E-state index contributed by atoms with van der Waals surface area (Å²) in [5, 5.41) is 0. The van der Waals surface area contributed by atoms with Crippen molar-refractivity contribution in [1.29, 1.82) is 0 Å². The monoisotopic (exact) mass is 419 g/mol. The van der Waals surface area contributed by atoms with Crippen LogP contribution in [-0.2, 0) is 4.79 Å². The number of amides is 1. The maximum Gasteiger partial charge on any atom is 0.226 e. The predicted octanol–water partition coefficient (Wildman–Crippen LogP) is 2.50. The van der Waals surface area contributed by atoms with Crippen LogP contribution in [-0.4, -0.2) is 52.0 Å². The number of primary amides is 1. The highest BCUT2D eigenvalue weighted by Crippen LogP contribution is 2.32. The Kier molecular flexibility index (Phi) is 5.23. The lowest BCUT2D eigenvalue weighted by molar-refractivity contribution is -0.122. The van der Waals surface area contributed by atoms with Crippen molar-refractivity contribution < 1.29 is 9.21 Å². The predicted molar refractivity (Wildman–Crippen MR) is 116 cm³/mol. The number of anilines is 2. The Labute approximate surface area is 180 Å². The molecule has 0 aliphatic carbocycles. The summed E-state index contributed by atoms with van der Waals surface area (Å²) in [6.45, 7) is 3.34. The van der Waals surface area contributed by atoms with Crippen molar-refractivity contribution in [3.8, 4) is 22.7 Å². The molecule has 5 heterocycles. The Balaban J connectivity index is 1.49. The van der Waals surface area contributed by atoms with E-state index in [0.717, 1.165) is 43.1 Å². The highest BCUT2D eigenvalue weighted by atomic mass is 16.3. The van der Waals surface area contributed by atoms with E-state index in [1.807, 2.05) is 18.2 Å².